The van der Waals surface area contributed by atoms with Crippen molar-refractivity contribution in [2.45, 2.75) is 32.4 Å². The molecule has 1 saturated carbocycles. The van der Waals surface area contributed by atoms with E-state index in [2.05, 4.69) is 19.7 Å². The Morgan fingerprint density at radius 2 is 2.24 bits per heavy atom. The monoisotopic (exact) mass is 232 g/mol. The van der Waals surface area contributed by atoms with Crippen LogP contribution in [-0.4, -0.2) is 30.9 Å². The van der Waals surface area contributed by atoms with Crippen molar-refractivity contribution in [2.75, 3.05) is 6.54 Å². The number of nitrogens with two attached hydrogens (primary N) is 1. The van der Waals surface area contributed by atoms with E-state index in [1.54, 1.807) is 6.33 Å². The Morgan fingerprint density at radius 1 is 1.41 bits per heavy atom. The van der Waals surface area contributed by atoms with Crippen molar-refractivity contribution in [3.63, 3.8) is 0 Å². The Morgan fingerprint density at radius 3 is 2.94 bits per heavy atom. The molecule has 2 aromatic rings. The number of rotatable bonds is 4. The molecule has 2 heterocycles. The maximum Gasteiger partial charge on any atom is 0.184 e. The van der Waals surface area contributed by atoms with E-state index < -0.39 is 0 Å². The molecule has 0 saturated heterocycles. The van der Waals surface area contributed by atoms with Crippen LogP contribution in [0.3, 0.4) is 0 Å². The van der Waals surface area contributed by atoms with Gasteiger partial charge in [-0.25, -0.2) is 4.98 Å². The van der Waals surface area contributed by atoms with Crippen LogP contribution in [0.1, 0.15) is 24.7 Å². The van der Waals surface area contributed by atoms with E-state index in [4.69, 9.17) is 5.73 Å². The minimum absolute atomic E-state index is 0.569. The van der Waals surface area contributed by atoms with Gasteiger partial charge in [-0.05, 0) is 19.8 Å². The van der Waals surface area contributed by atoms with Crippen molar-refractivity contribution in [3.8, 4) is 11.5 Å². The molecule has 1 aliphatic rings. The largest absolute Gasteiger partial charge is 0.335 e. The molecule has 3 rings (SSSR count). The van der Waals surface area contributed by atoms with E-state index in [0.29, 0.717) is 12.6 Å². The van der Waals surface area contributed by atoms with Crippen LogP contribution < -0.4 is 5.73 Å². The fourth-order valence-electron chi connectivity index (χ4n) is 2.06. The second kappa shape index (κ2) is 3.96. The summed E-state index contributed by atoms with van der Waals surface area (Å²) in [4.78, 5) is 4.37. The third-order valence-corrected chi connectivity index (χ3v) is 3.03. The fourth-order valence-corrected chi connectivity index (χ4v) is 2.06. The van der Waals surface area contributed by atoms with Gasteiger partial charge >= 0.3 is 0 Å². The molecule has 0 spiro atoms. The van der Waals surface area contributed by atoms with Gasteiger partial charge in [-0.1, -0.05) is 0 Å². The summed E-state index contributed by atoms with van der Waals surface area (Å²) in [6, 6.07) is 0.569. The quantitative estimate of drug-likeness (QED) is 0.843. The van der Waals surface area contributed by atoms with Gasteiger partial charge in [0.2, 0.25) is 0 Å². The molecule has 0 aliphatic heterocycles. The predicted molar refractivity (Wildman–Crippen MR) is 63.3 cm³/mol. The summed E-state index contributed by atoms with van der Waals surface area (Å²) in [5, 5.41) is 8.38. The van der Waals surface area contributed by atoms with E-state index in [-0.39, 0.29) is 0 Å². The molecule has 90 valence electrons. The lowest BCUT2D eigenvalue weighted by Gasteiger charge is -2.03. The van der Waals surface area contributed by atoms with Gasteiger partial charge in [0.15, 0.2) is 5.82 Å². The van der Waals surface area contributed by atoms with Gasteiger partial charge in [0, 0.05) is 25.3 Å². The zero-order valence-electron chi connectivity index (χ0n) is 9.87. The molecule has 0 amide bonds. The second-order valence-electron chi connectivity index (χ2n) is 4.46. The highest BCUT2D eigenvalue weighted by Gasteiger charge is 2.29. The van der Waals surface area contributed by atoms with Gasteiger partial charge in [-0.15, -0.1) is 10.2 Å². The number of nitrogens with zero attached hydrogens (tertiary/aromatic N) is 5. The zero-order valence-corrected chi connectivity index (χ0v) is 9.87. The SMILES string of the molecule is Cc1nnc(-c2cn(CCN)cn2)n1C1CC1. The fraction of sp³-hybridized carbons (Fsp3) is 0.545. The van der Waals surface area contributed by atoms with Gasteiger partial charge in [0.25, 0.3) is 0 Å². The first-order chi connectivity index (χ1) is 8.29. The zero-order chi connectivity index (χ0) is 11.8. The molecule has 6 heteroatoms. The second-order valence-corrected chi connectivity index (χ2v) is 4.46. The Bertz CT molecular complexity index is 522. The van der Waals surface area contributed by atoms with Crippen molar-refractivity contribution < 1.29 is 0 Å². The molecule has 2 aromatic heterocycles. The van der Waals surface area contributed by atoms with Crippen LogP contribution in [-0.2, 0) is 6.54 Å². The molecule has 6 nitrogen and oxygen atoms in total. The Labute approximate surface area is 99.5 Å². The molecule has 1 fully saturated rings. The van der Waals surface area contributed by atoms with Gasteiger partial charge in [0.05, 0.1) is 6.33 Å². The van der Waals surface area contributed by atoms with Crippen LogP contribution in [0.25, 0.3) is 11.5 Å². The van der Waals surface area contributed by atoms with Crippen LogP contribution in [0.5, 0.6) is 0 Å². The summed E-state index contributed by atoms with van der Waals surface area (Å²) >= 11 is 0. The highest BCUT2D eigenvalue weighted by molar-refractivity contribution is 5.48. The first-order valence-electron chi connectivity index (χ1n) is 5.93. The summed E-state index contributed by atoms with van der Waals surface area (Å²) in [7, 11) is 0. The van der Waals surface area contributed by atoms with Crippen molar-refractivity contribution in [1.82, 2.24) is 24.3 Å². The lowest BCUT2D eigenvalue weighted by molar-refractivity contribution is 0.706. The van der Waals surface area contributed by atoms with E-state index >= 15 is 0 Å². The summed E-state index contributed by atoms with van der Waals surface area (Å²) in [6.45, 7) is 3.39. The molecule has 0 aromatic carbocycles. The molecular formula is C11H16N6. The van der Waals surface area contributed by atoms with Crippen molar-refractivity contribution >= 4 is 0 Å². The van der Waals surface area contributed by atoms with Crippen molar-refractivity contribution in [1.29, 1.82) is 0 Å². The van der Waals surface area contributed by atoms with Gasteiger partial charge in [0.1, 0.15) is 11.5 Å². The minimum atomic E-state index is 0.569. The van der Waals surface area contributed by atoms with Gasteiger partial charge < -0.3 is 14.9 Å². The molecular weight excluding hydrogens is 216 g/mol. The average Bonchev–Trinajstić information content (AvgIpc) is 2.92. The molecule has 0 bridgehead atoms. The Hall–Kier alpha value is -1.69. The molecule has 0 radical (unpaired) electrons. The van der Waals surface area contributed by atoms with Crippen LogP contribution in [0, 0.1) is 6.92 Å². The number of hydrogen-bond donors (Lipinski definition) is 1. The van der Waals surface area contributed by atoms with Crippen LogP contribution in [0.4, 0.5) is 0 Å². The number of imidazole rings is 1. The number of hydrogen-bond acceptors (Lipinski definition) is 4. The highest BCUT2D eigenvalue weighted by Crippen LogP contribution is 2.38. The first-order valence-corrected chi connectivity index (χ1v) is 5.93. The number of aryl methyl sites for hydroxylation is 1. The Kier molecular flexibility index (Phi) is 2.44. The number of aromatic nitrogens is 5. The topological polar surface area (TPSA) is 74.6 Å². The van der Waals surface area contributed by atoms with Crippen molar-refractivity contribution in [3.05, 3.63) is 18.3 Å². The van der Waals surface area contributed by atoms with Gasteiger partial charge in [-0.2, -0.15) is 0 Å². The smallest absolute Gasteiger partial charge is 0.184 e. The summed E-state index contributed by atoms with van der Waals surface area (Å²) in [5.41, 5.74) is 6.40. The summed E-state index contributed by atoms with van der Waals surface area (Å²) < 4.78 is 4.17. The molecule has 17 heavy (non-hydrogen) atoms. The lowest BCUT2D eigenvalue weighted by atomic mass is 10.4. The van der Waals surface area contributed by atoms with E-state index in [1.165, 1.54) is 12.8 Å². The van der Waals surface area contributed by atoms with Crippen molar-refractivity contribution in [2.24, 2.45) is 5.73 Å². The third-order valence-electron chi connectivity index (χ3n) is 3.03. The van der Waals surface area contributed by atoms with E-state index in [0.717, 1.165) is 23.9 Å². The van der Waals surface area contributed by atoms with Crippen LogP contribution >= 0.6 is 0 Å². The summed E-state index contributed by atoms with van der Waals surface area (Å²) in [5.74, 6) is 1.84. The highest BCUT2D eigenvalue weighted by atomic mass is 15.3. The van der Waals surface area contributed by atoms with Crippen LogP contribution in [0.2, 0.25) is 0 Å². The average molecular weight is 232 g/mol. The maximum absolute atomic E-state index is 5.52. The third kappa shape index (κ3) is 1.84. The maximum atomic E-state index is 5.52. The molecule has 0 atom stereocenters. The molecule has 0 unspecified atom stereocenters. The van der Waals surface area contributed by atoms with Gasteiger partial charge in [-0.3, -0.25) is 0 Å². The predicted octanol–water partition coefficient (Wildman–Crippen LogP) is 0.744. The first kappa shape index (κ1) is 10.5. The molecule has 1 aliphatic carbocycles. The normalized spacial score (nSPS) is 15.4. The standard InChI is InChI=1S/C11H16N6/c1-8-14-15-11(17(8)9-2-3-9)10-6-16(5-4-12)7-13-10/h6-7,9H,2-5,12H2,1H3. The van der Waals surface area contributed by atoms with E-state index in [9.17, 15) is 0 Å². The van der Waals surface area contributed by atoms with Crippen LogP contribution in [0.15, 0.2) is 12.5 Å². The summed E-state index contributed by atoms with van der Waals surface area (Å²) in [6.07, 6.45) is 6.21. The molecule has 2 N–H and O–H groups in total. The lowest BCUT2D eigenvalue weighted by Crippen LogP contribution is -2.07. The van der Waals surface area contributed by atoms with E-state index in [1.807, 2.05) is 17.7 Å². The minimum Gasteiger partial charge on any atom is -0.335 e. The Balaban J connectivity index is 1.96.